The minimum atomic E-state index is 0.283. The first-order valence-electron chi connectivity index (χ1n) is 6.12. The number of nitrogens with two attached hydrogens (primary N) is 1. The molecule has 2 atom stereocenters. The highest BCUT2D eigenvalue weighted by atomic mass is 15.3. The average molecular weight is 235 g/mol. The molecule has 0 spiro atoms. The minimum Gasteiger partial charge on any atom is -0.329 e. The van der Waals surface area contributed by atoms with Gasteiger partial charge in [0.1, 0.15) is 0 Å². The topological polar surface area (TPSA) is 58.3 Å². The van der Waals surface area contributed by atoms with E-state index < -0.39 is 0 Å². The van der Waals surface area contributed by atoms with Gasteiger partial charge < -0.3 is 10.6 Å². The van der Waals surface area contributed by atoms with Crippen LogP contribution >= 0.6 is 0 Å². The summed E-state index contributed by atoms with van der Waals surface area (Å²) in [5.41, 5.74) is 6.89. The van der Waals surface area contributed by atoms with Gasteiger partial charge in [-0.3, -0.25) is 14.9 Å². The smallest absolute Gasteiger partial charge is 0.0755 e. The molecule has 0 radical (unpaired) electrons. The summed E-state index contributed by atoms with van der Waals surface area (Å²) in [6.45, 7) is 6.02. The van der Waals surface area contributed by atoms with Crippen molar-refractivity contribution in [2.45, 2.75) is 19.0 Å². The van der Waals surface area contributed by atoms with Crippen molar-refractivity contribution in [1.82, 2.24) is 19.8 Å². The van der Waals surface area contributed by atoms with E-state index in [1.807, 2.05) is 6.20 Å². The largest absolute Gasteiger partial charge is 0.329 e. The third-order valence-electron chi connectivity index (χ3n) is 3.51. The van der Waals surface area contributed by atoms with Crippen LogP contribution in [0, 0.1) is 0 Å². The normalized spacial score (nSPS) is 24.8. The lowest BCUT2D eigenvalue weighted by Crippen LogP contribution is -2.55. The molecule has 2 N–H and O–H groups in total. The molecule has 17 heavy (non-hydrogen) atoms. The van der Waals surface area contributed by atoms with Gasteiger partial charge in [-0.25, -0.2) is 0 Å². The van der Waals surface area contributed by atoms with E-state index in [1.165, 1.54) is 0 Å². The second kappa shape index (κ2) is 5.53. The summed E-state index contributed by atoms with van der Waals surface area (Å²) in [6.07, 6.45) is 5.30. The number of hydrogen-bond donors (Lipinski definition) is 1. The van der Waals surface area contributed by atoms with Crippen LogP contribution in [-0.4, -0.2) is 59.0 Å². The number of aromatic nitrogens is 2. The van der Waals surface area contributed by atoms with Gasteiger partial charge in [0.15, 0.2) is 0 Å². The van der Waals surface area contributed by atoms with Crippen LogP contribution in [0.25, 0.3) is 0 Å². The Bertz CT molecular complexity index is 342. The molecular weight excluding hydrogens is 214 g/mol. The number of piperazine rings is 1. The summed E-state index contributed by atoms with van der Waals surface area (Å²) in [7, 11) is 2.15. The molecule has 2 heterocycles. The van der Waals surface area contributed by atoms with Crippen molar-refractivity contribution in [3.8, 4) is 0 Å². The van der Waals surface area contributed by atoms with E-state index >= 15 is 0 Å². The number of hydrogen-bond acceptors (Lipinski definition) is 5. The van der Waals surface area contributed by atoms with Crippen molar-refractivity contribution >= 4 is 0 Å². The second-order valence-corrected chi connectivity index (χ2v) is 4.70. The van der Waals surface area contributed by atoms with Crippen LogP contribution in [0.1, 0.15) is 18.7 Å². The fourth-order valence-corrected chi connectivity index (χ4v) is 2.44. The molecule has 0 saturated carbocycles. The molecular formula is C12H21N5. The Morgan fingerprint density at radius 2 is 2.29 bits per heavy atom. The molecule has 2 rings (SSSR count). The molecule has 5 heteroatoms. The van der Waals surface area contributed by atoms with Gasteiger partial charge in [0.25, 0.3) is 0 Å². The summed E-state index contributed by atoms with van der Waals surface area (Å²) in [5.74, 6) is 0. The molecule has 1 aliphatic rings. The van der Waals surface area contributed by atoms with E-state index in [9.17, 15) is 0 Å². The highest BCUT2D eigenvalue weighted by Gasteiger charge is 2.28. The standard InChI is InChI=1S/C12H21N5/c1-10(12-8-14-3-4-15-12)17-6-5-16(2)9-11(17)7-13/h3-4,8,10-11H,5-7,9,13H2,1-2H3. The van der Waals surface area contributed by atoms with Crippen molar-refractivity contribution in [2.24, 2.45) is 5.73 Å². The van der Waals surface area contributed by atoms with Gasteiger partial charge in [0, 0.05) is 50.8 Å². The molecule has 0 aliphatic carbocycles. The maximum atomic E-state index is 5.87. The quantitative estimate of drug-likeness (QED) is 0.806. The highest BCUT2D eigenvalue weighted by molar-refractivity contribution is 5.03. The van der Waals surface area contributed by atoms with Gasteiger partial charge in [0.05, 0.1) is 11.7 Å². The third-order valence-corrected chi connectivity index (χ3v) is 3.51. The Kier molecular flexibility index (Phi) is 4.04. The van der Waals surface area contributed by atoms with E-state index in [4.69, 9.17) is 5.73 Å². The Labute approximate surface area is 103 Å². The first kappa shape index (κ1) is 12.4. The van der Waals surface area contributed by atoms with Crippen LogP contribution in [0.5, 0.6) is 0 Å². The summed E-state index contributed by atoms with van der Waals surface area (Å²) in [4.78, 5) is 13.3. The second-order valence-electron chi connectivity index (χ2n) is 4.70. The fourth-order valence-electron chi connectivity index (χ4n) is 2.44. The number of nitrogens with zero attached hydrogens (tertiary/aromatic N) is 4. The van der Waals surface area contributed by atoms with Crippen LogP contribution in [0.3, 0.4) is 0 Å². The average Bonchev–Trinajstić information content (AvgIpc) is 2.39. The number of rotatable bonds is 3. The molecule has 1 saturated heterocycles. The lowest BCUT2D eigenvalue weighted by Gasteiger charge is -2.42. The minimum absolute atomic E-state index is 0.283. The van der Waals surface area contributed by atoms with Crippen molar-refractivity contribution in [3.05, 3.63) is 24.3 Å². The molecule has 1 aliphatic heterocycles. The Balaban J connectivity index is 2.10. The molecule has 0 bridgehead atoms. The maximum absolute atomic E-state index is 5.87. The Morgan fingerprint density at radius 1 is 1.47 bits per heavy atom. The molecule has 0 amide bonds. The molecule has 0 aromatic carbocycles. The van der Waals surface area contributed by atoms with Crippen LogP contribution in [0.2, 0.25) is 0 Å². The molecule has 5 nitrogen and oxygen atoms in total. The predicted octanol–water partition coefficient (Wildman–Crippen LogP) is 0.112. The van der Waals surface area contributed by atoms with E-state index in [0.717, 1.165) is 25.3 Å². The first-order chi connectivity index (χ1) is 8.22. The first-order valence-corrected chi connectivity index (χ1v) is 6.12. The molecule has 94 valence electrons. The van der Waals surface area contributed by atoms with Crippen LogP contribution in [0.4, 0.5) is 0 Å². The highest BCUT2D eigenvalue weighted by Crippen LogP contribution is 2.22. The molecule has 2 unspecified atom stereocenters. The predicted molar refractivity (Wildman–Crippen MR) is 67.5 cm³/mol. The van der Waals surface area contributed by atoms with Gasteiger partial charge in [-0.2, -0.15) is 0 Å². The van der Waals surface area contributed by atoms with E-state index in [0.29, 0.717) is 12.6 Å². The monoisotopic (exact) mass is 235 g/mol. The Hall–Kier alpha value is -1.04. The number of likely N-dealkylation sites (N-methyl/N-ethyl adjacent to an activating group) is 1. The SMILES string of the molecule is CC(c1cnccn1)N1CCN(C)CC1CN. The lowest BCUT2D eigenvalue weighted by molar-refractivity contribution is 0.0605. The fraction of sp³-hybridized carbons (Fsp3) is 0.667. The molecule has 1 aromatic rings. The van der Waals surface area contributed by atoms with Crippen molar-refractivity contribution in [3.63, 3.8) is 0 Å². The van der Waals surface area contributed by atoms with Crippen molar-refractivity contribution in [1.29, 1.82) is 0 Å². The van der Waals surface area contributed by atoms with Crippen molar-refractivity contribution in [2.75, 3.05) is 33.2 Å². The zero-order valence-corrected chi connectivity index (χ0v) is 10.6. The van der Waals surface area contributed by atoms with Crippen LogP contribution in [-0.2, 0) is 0 Å². The summed E-state index contributed by atoms with van der Waals surface area (Å²) >= 11 is 0. The summed E-state index contributed by atoms with van der Waals surface area (Å²) < 4.78 is 0. The Morgan fingerprint density at radius 3 is 2.94 bits per heavy atom. The molecule has 1 aromatic heterocycles. The van der Waals surface area contributed by atoms with Gasteiger partial charge >= 0.3 is 0 Å². The molecule has 1 fully saturated rings. The van der Waals surface area contributed by atoms with Gasteiger partial charge in [-0.15, -0.1) is 0 Å². The van der Waals surface area contributed by atoms with Gasteiger partial charge in [0.2, 0.25) is 0 Å². The van der Waals surface area contributed by atoms with Crippen molar-refractivity contribution < 1.29 is 0 Å². The van der Waals surface area contributed by atoms with Gasteiger partial charge in [-0.1, -0.05) is 0 Å². The zero-order chi connectivity index (χ0) is 12.3. The zero-order valence-electron chi connectivity index (χ0n) is 10.6. The van der Waals surface area contributed by atoms with E-state index in [-0.39, 0.29) is 6.04 Å². The third kappa shape index (κ3) is 2.80. The van der Waals surface area contributed by atoms with Crippen LogP contribution in [0.15, 0.2) is 18.6 Å². The maximum Gasteiger partial charge on any atom is 0.0755 e. The summed E-state index contributed by atoms with van der Waals surface area (Å²) in [5, 5.41) is 0. The van der Waals surface area contributed by atoms with E-state index in [2.05, 4.69) is 33.7 Å². The van der Waals surface area contributed by atoms with Crippen LogP contribution < -0.4 is 5.73 Å². The summed E-state index contributed by atoms with van der Waals surface area (Å²) in [6, 6.07) is 0.691. The van der Waals surface area contributed by atoms with E-state index in [1.54, 1.807) is 12.4 Å². The van der Waals surface area contributed by atoms with Gasteiger partial charge in [-0.05, 0) is 14.0 Å². The lowest BCUT2D eigenvalue weighted by atomic mass is 10.1.